The first kappa shape index (κ1) is 22.0. The lowest BCUT2D eigenvalue weighted by atomic mass is 10.1. The van der Waals surface area contributed by atoms with Crippen LogP contribution in [0.25, 0.3) is 20.2 Å². The van der Waals surface area contributed by atoms with Crippen molar-refractivity contribution in [2.75, 3.05) is 0 Å². The topological polar surface area (TPSA) is 76.1 Å². The molecular weight excluding hydrogens is 504 g/mol. The van der Waals surface area contributed by atoms with E-state index in [9.17, 15) is 0 Å². The molecule has 0 atom stereocenters. The molecule has 9 heteroatoms. The van der Waals surface area contributed by atoms with E-state index < -0.39 is 0 Å². The first-order valence-electron chi connectivity index (χ1n) is 7.05. The van der Waals surface area contributed by atoms with Gasteiger partial charge in [0.05, 0.1) is 0 Å². The van der Waals surface area contributed by atoms with E-state index in [1.165, 1.54) is 31.3 Å². The van der Waals surface area contributed by atoms with Gasteiger partial charge in [-0.15, -0.1) is 45.3 Å². The Labute approximate surface area is 181 Å². The summed E-state index contributed by atoms with van der Waals surface area (Å²) in [4.78, 5) is 0. The van der Waals surface area contributed by atoms with Gasteiger partial charge in [0, 0.05) is 33.3 Å². The van der Waals surface area contributed by atoms with E-state index in [1.54, 1.807) is 11.3 Å². The van der Waals surface area contributed by atoms with Gasteiger partial charge in [-0.05, 0) is 35.6 Å². The minimum atomic E-state index is 0. The Kier molecular flexibility index (Phi) is 8.49. The molecule has 2 aromatic carbocycles. The molecular formula is C16H18Br2N4S3. The molecule has 0 aliphatic heterocycles. The molecule has 4 nitrogen and oxygen atoms in total. The van der Waals surface area contributed by atoms with Crippen molar-refractivity contribution in [2.45, 2.75) is 13.1 Å². The van der Waals surface area contributed by atoms with Crippen molar-refractivity contribution in [3.8, 4) is 0 Å². The minimum absolute atomic E-state index is 0. The number of rotatable bonds is 4. The van der Waals surface area contributed by atoms with Crippen LogP contribution in [0, 0.1) is 0 Å². The number of hydrogen-bond donors (Lipinski definition) is 4. The second-order valence-corrected chi connectivity index (χ2v) is 7.03. The molecule has 0 saturated carbocycles. The van der Waals surface area contributed by atoms with Crippen molar-refractivity contribution in [3.63, 3.8) is 0 Å². The van der Waals surface area contributed by atoms with Crippen molar-refractivity contribution in [3.05, 3.63) is 47.5 Å². The van der Waals surface area contributed by atoms with Gasteiger partial charge in [0.25, 0.3) is 0 Å². The van der Waals surface area contributed by atoms with Gasteiger partial charge in [-0.2, -0.15) is 0 Å². The molecule has 1 aromatic heterocycles. The van der Waals surface area contributed by atoms with Crippen molar-refractivity contribution in [1.29, 1.82) is 0 Å². The van der Waals surface area contributed by atoms with Crippen molar-refractivity contribution < 1.29 is 0 Å². The SMILES string of the molecule is Br.Br.NC(=S)NCc1cccc2c1sc1c(CNC(N)=S)cccc12. The molecule has 0 unspecified atom stereocenters. The van der Waals surface area contributed by atoms with E-state index in [-0.39, 0.29) is 34.0 Å². The lowest BCUT2D eigenvalue weighted by molar-refractivity contribution is 0.930. The first-order chi connectivity index (χ1) is 11.1. The lowest BCUT2D eigenvalue weighted by Crippen LogP contribution is -2.28. The average Bonchev–Trinajstić information content (AvgIpc) is 2.90. The number of halogens is 2. The van der Waals surface area contributed by atoms with Crippen LogP contribution in [0.15, 0.2) is 36.4 Å². The second-order valence-electron chi connectivity index (χ2n) is 5.13. The molecule has 3 aromatic rings. The Bertz CT molecular complexity index is 839. The summed E-state index contributed by atoms with van der Waals surface area (Å²) in [5, 5.41) is 9.15. The lowest BCUT2D eigenvalue weighted by Gasteiger charge is -2.04. The highest BCUT2D eigenvalue weighted by atomic mass is 79.9. The zero-order valence-electron chi connectivity index (χ0n) is 13.1. The van der Waals surface area contributed by atoms with Crippen molar-refractivity contribution >= 4 is 100 Å². The third-order valence-electron chi connectivity index (χ3n) is 3.59. The third kappa shape index (κ3) is 5.01. The van der Waals surface area contributed by atoms with Gasteiger partial charge in [0.1, 0.15) is 0 Å². The highest BCUT2D eigenvalue weighted by Gasteiger charge is 2.11. The number of nitrogens with two attached hydrogens (primary N) is 2. The minimum Gasteiger partial charge on any atom is -0.376 e. The maximum atomic E-state index is 5.54. The predicted molar refractivity (Wildman–Crippen MR) is 127 cm³/mol. The summed E-state index contributed by atoms with van der Waals surface area (Å²) in [6.07, 6.45) is 0. The summed E-state index contributed by atoms with van der Waals surface area (Å²) in [5.74, 6) is 0. The normalized spacial score (nSPS) is 9.92. The van der Waals surface area contributed by atoms with Crippen LogP contribution in [-0.4, -0.2) is 10.2 Å². The molecule has 1 heterocycles. The third-order valence-corrected chi connectivity index (χ3v) is 5.25. The van der Waals surface area contributed by atoms with Gasteiger partial charge >= 0.3 is 0 Å². The molecule has 0 aliphatic carbocycles. The fourth-order valence-electron chi connectivity index (χ4n) is 2.58. The average molecular weight is 522 g/mol. The predicted octanol–water partition coefficient (Wildman–Crippen LogP) is 3.88. The number of thiophene rings is 1. The Morgan fingerprint density at radius 3 is 1.56 bits per heavy atom. The summed E-state index contributed by atoms with van der Waals surface area (Å²) in [6, 6.07) is 12.6. The van der Waals surface area contributed by atoms with Crippen LogP contribution in [0.1, 0.15) is 11.1 Å². The Morgan fingerprint density at radius 2 is 1.20 bits per heavy atom. The number of thiocarbonyl (C=S) groups is 2. The zero-order chi connectivity index (χ0) is 16.4. The summed E-state index contributed by atoms with van der Waals surface area (Å²) in [7, 11) is 0. The molecule has 134 valence electrons. The van der Waals surface area contributed by atoms with Gasteiger partial charge in [-0.1, -0.05) is 36.4 Å². The largest absolute Gasteiger partial charge is 0.376 e. The number of nitrogens with one attached hydrogen (secondary N) is 2. The fourth-order valence-corrected chi connectivity index (χ4v) is 4.05. The molecule has 3 rings (SSSR count). The molecule has 6 N–H and O–H groups in total. The van der Waals surface area contributed by atoms with Crippen LogP contribution in [0.2, 0.25) is 0 Å². The van der Waals surface area contributed by atoms with E-state index in [0.717, 1.165) is 0 Å². The first-order valence-corrected chi connectivity index (χ1v) is 8.68. The van der Waals surface area contributed by atoms with Gasteiger partial charge < -0.3 is 22.1 Å². The molecule has 0 spiro atoms. The highest BCUT2D eigenvalue weighted by Crippen LogP contribution is 2.37. The zero-order valence-corrected chi connectivity index (χ0v) is 18.9. The van der Waals surface area contributed by atoms with Gasteiger partial charge in [0.15, 0.2) is 10.2 Å². The van der Waals surface area contributed by atoms with E-state index in [1.807, 2.05) is 0 Å². The number of benzene rings is 2. The van der Waals surface area contributed by atoms with Crippen LogP contribution in [-0.2, 0) is 13.1 Å². The molecule has 0 bridgehead atoms. The number of hydrogen-bond acceptors (Lipinski definition) is 3. The number of fused-ring (bicyclic) bond motifs is 3. The van der Waals surface area contributed by atoms with E-state index in [4.69, 9.17) is 35.9 Å². The Hall–Kier alpha value is -1.00. The highest BCUT2D eigenvalue weighted by molar-refractivity contribution is 8.93. The van der Waals surface area contributed by atoms with Gasteiger partial charge in [0.2, 0.25) is 0 Å². The van der Waals surface area contributed by atoms with Gasteiger partial charge in [-0.25, -0.2) is 0 Å². The van der Waals surface area contributed by atoms with E-state index in [0.29, 0.717) is 23.3 Å². The maximum absolute atomic E-state index is 5.54. The van der Waals surface area contributed by atoms with Crippen LogP contribution in [0.5, 0.6) is 0 Å². The Balaban J connectivity index is 0.00000156. The smallest absolute Gasteiger partial charge is 0.163 e. The van der Waals surface area contributed by atoms with Gasteiger partial charge in [-0.3, -0.25) is 0 Å². The maximum Gasteiger partial charge on any atom is 0.163 e. The van der Waals surface area contributed by atoms with Crippen LogP contribution < -0.4 is 22.1 Å². The molecule has 0 fully saturated rings. The van der Waals surface area contributed by atoms with Crippen molar-refractivity contribution in [2.24, 2.45) is 11.5 Å². The molecule has 0 saturated heterocycles. The van der Waals surface area contributed by atoms with Crippen LogP contribution in [0.4, 0.5) is 0 Å². The monoisotopic (exact) mass is 520 g/mol. The molecule has 0 amide bonds. The summed E-state index contributed by atoms with van der Waals surface area (Å²) < 4.78 is 2.49. The summed E-state index contributed by atoms with van der Waals surface area (Å²) in [6.45, 7) is 1.25. The second kappa shape index (κ2) is 9.63. The standard InChI is InChI=1S/C16H16N4S3.2BrH/c17-15(21)19-7-9-3-1-5-11-12-6-2-4-10(8-20-16(18)22)14(12)23-13(9)11;;/h1-6H,7-8H2,(H3,17,19,21)(H3,18,20,22);2*1H. The van der Waals surface area contributed by atoms with E-state index in [2.05, 4.69) is 47.0 Å². The van der Waals surface area contributed by atoms with Crippen LogP contribution in [0.3, 0.4) is 0 Å². The molecule has 25 heavy (non-hydrogen) atoms. The summed E-state index contributed by atoms with van der Waals surface area (Å²) in [5.41, 5.74) is 13.5. The van der Waals surface area contributed by atoms with Crippen LogP contribution >= 0.6 is 69.7 Å². The van der Waals surface area contributed by atoms with E-state index >= 15 is 0 Å². The van der Waals surface area contributed by atoms with Crippen molar-refractivity contribution in [1.82, 2.24) is 10.6 Å². The fraction of sp³-hybridized carbons (Fsp3) is 0.125. The summed E-state index contributed by atoms with van der Waals surface area (Å²) >= 11 is 11.6. The quantitative estimate of drug-likeness (QED) is 0.390. The molecule has 0 aliphatic rings. The molecule has 0 radical (unpaired) electrons. The Morgan fingerprint density at radius 1 is 0.800 bits per heavy atom.